The van der Waals surface area contributed by atoms with Gasteiger partial charge in [0.05, 0.1) is 0 Å². The van der Waals surface area contributed by atoms with Crippen molar-refractivity contribution >= 4 is 22.5 Å². The number of benzene rings is 1. The fourth-order valence-electron chi connectivity index (χ4n) is 1.52. The molecule has 2 heteroatoms. The fourth-order valence-corrected chi connectivity index (χ4v) is 1.80. The van der Waals surface area contributed by atoms with E-state index in [1.807, 2.05) is 19.1 Å². The minimum atomic E-state index is 0.805. The molecule has 0 aliphatic heterocycles. The summed E-state index contributed by atoms with van der Waals surface area (Å²) in [6, 6.07) is 6.06. The third kappa shape index (κ3) is 1.10. The molecule has 0 saturated carbocycles. The number of H-pyrrole nitrogens is 1. The van der Waals surface area contributed by atoms with E-state index >= 15 is 0 Å². The first-order valence-corrected chi connectivity index (χ1v) is 4.30. The number of halogens is 1. The van der Waals surface area contributed by atoms with Gasteiger partial charge in [0, 0.05) is 21.6 Å². The Balaban J connectivity index is 2.88. The Hall–Kier alpha value is -0.950. The Morgan fingerprint density at radius 3 is 2.67 bits per heavy atom. The van der Waals surface area contributed by atoms with Crippen LogP contribution in [0.15, 0.2) is 18.2 Å². The molecule has 1 N–H and O–H groups in total. The van der Waals surface area contributed by atoms with E-state index in [-0.39, 0.29) is 0 Å². The van der Waals surface area contributed by atoms with E-state index in [0.29, 0.717) is 0 Å². The molecule has 2 rings (SSSR count). The summed E-state index contributed by atoms with van der Waals surface area (Å²) in [5, 5.41) is 2.00. The van der Waals surface area contributed by atoms with Crippen molar-refractivity contribution in [2.75, 3.05) is 0 Å². The van der Waals surface area contributed by atoms with E-state index in [4.69, 9.17) is 11.6 Å². The van der Waals surface area contributed by atoms with E-state index in [0.717, 1.165) is 5.02 Å². The van der Waals surface area contributed by atoms with Gasteiger partial charge in [-0.15, -0.1) is 0 Å². The van der Waals surface area contributed by atoms with Gasteiger partial charge in [-0.3, -0.25) is 0 Å². The standard InChI is InChI=1S/C10H10ClN/c1-6-3-9(11)5-8-4-7(2)12-10(6)8/h3-5,12H,1-2H3. The number of rotatable bonds is 0. The lowest BCUT2D eigenvalue weighted by Gasteiger charge is -1.96. The van der Waals surface area contributed by atoms with Gasteiger partial charge in [-0.05, 0) is 37.6 Å². The van der Waals surface area contributed by atoms with E-state index in [9.17, 15) is 0 Å². The van der Waals surface area contributed by atoms with Crippen LogP contribution in [0.25, 0.3) is 10.9 Å². The Bertz CT molecular complexity index is 429. The summed E-state index contributed by atoms with van der Waals surface area (Å²) in [4.78, 5) is 3.30. The van der Waals surface area contributed by atoms with E-state index in [2.05, 4.69) is 18.0 Å². The third-order valence-corrected chi connectivity index (χ3v) is 2.24. The lowest BCUT2D eigenvalue weighted by atomic mass is 10.2. The van der Waals surface area contributed by atoms with Crippen LogP contribution >= 0.6 is 11.6 Å². The van der Waals surface area contributed by atoms with Crippen molar-refractivity contribution < 1.29 is 0 Å². The third-order valence-electron chi connectivity index (χ3n) is 2.02. The molecule has 1 aromatic heterocycles. The number of nitrogens with one attached hydrogen (secondary N) is 1. The molecule has 0 aliphatic rings. The second-order valence-electron chi connectivity index (χ2n) is 3.14. The van der Waals surface area contributed by atoms with Gasteiger partial charge in [-0.25, -0.2) is 0 Å². The van der Waals surface area contributed by atoms with Gasteiger partial charge in [0.25, 0.3) is 0 Å². The SMILES string of the molecule is Cc1cc2cc(Cl)cc(C)c2[nH]1. The van der Waals surface area contributed by atoms with E-state index in [1.54, 1.807) is 0 Å². The Morgan fingerprint density at radius 2 is 1.92 bits per heavy atom. The second kappa shape index (κ2) is 2.53. The smallest absolute Gasteiger partial charge is 0.0486 e. The molecule has 0 saturated heterocycles. The van der Waals surface area contributed by atoms with Gasteiger partial charge >= 0.3 is 0 Å². The van der Waals surface area contributed by atoms with Crippen LogP contribution in [0, 0.1) is 13.8 Å². The molecule has 12 heavy (non-hydrogen) atoms. The summed E-state index contributed by atoms with van der Waals surface area (Å²) in [5.41, 5.74) is 3.57. The molecular formula is C10H10ClN. The van der Waals surface area contributed by atoms with Gasteiger partial charge in [0.1, 0.15) is 0 Å². The van der Waals surface area contributed by atoms with Crippen molar-refractivity contribution in [1.29, 1.82) is 0 Å². The van der Waals surface area contributed by atoms with E-state index < -0.39 is 0 Å². The zero-order valence-corrected chi connectivity index (χ0v) is 7.87. The molecule has 0 unspecified atom stereocenters. The molecule has 62 valence electrons. The minimum absolute atomic E-state index is 0.805. The zero-order valence-electron chi connectivity index (χ0n) is 7.11. The van der Waals surface area contributed by atoms with Crippen LogP contribution in [0.2, 0.25) is 5.02 Å². The van der Waals surface area contributed by atoms with Crippen LogP contribution in [-0.4, -0.2) is 4.98 Å². The van der Waals surface area contributed by atoms with Crippen molar-refractivity contribution in [3.8, 4) is 0 Å². The van der Waals surface area contributed by atoms with Crippen LogP contribution in [0.5, 0.6) is 0 Å². The topological polar surface area (TPSA) is 15.8 Å². The van der Waals surface area contributed by atoms with Gasteiger partial charge < -0.3 is 4.98 Å². The highest BCUT2D eigenvalue weighted by molar-refractivity contribution is 6.31. The summed E-state index contributed by atoms with van der Waals surface area (Å²) >= 11 is 5.92. The summed E-state index contributed by atoms with van der Waals surface area (Å²) in [6.07, 6.45) is 0. The van der Waals surface area contributed by atoms with Crippen LogP contribution in [0.3, 0.4) is 0 Å². The van der Waals surface area contributed by atoms with Crippen LogP contribution < -0.4 is 0 Å². The molecule has 0 aliphatic carbocycles. The molecule has 0 radical (unpaired) electrons. The highest BCUT2D eigenvalue weighted by Crippen LogP contribution is 2.23. The average Bonchev–Trinajstić information content (AvgIpc) is 2.29. The lowest BCUT2D eigenvalue weighted by molar-refractivity contribution is 1.29. The maximum absolute atomic E-state index is 5.92. The van der Waals surface area contributed by atoms with Gasteiger partial charge in [0.2, 0.25) is 0 Å². The van der Waals surface area contributed by atoms with Crippen molar-refractivity contribution in [3.63, 3.8) is 0 Å². The summed E-state index contributed by atoms with van der Waals surface area (Å²) in [5.74, 6) is 0. The van der Waals surface area contributed by atoms with Crippen molar-refractivity contribution in [2.24, 2.45) is 0 Å². The van der Waals surface area contributed by atoms with Gasteiger partial charge in [-0.2, -0.15) is 0 Å². The Morgan fingerprint density at radius 1 is 1.17 bits per heavy atom. The predicted molar refractivity (Wildman–Crippen MR) is 52.8 cm³/mol. The van der Waals surface area contributed by atoms with E-state index in [1.165, 1.54) is 22.2 Å². The summed E-state index contributed by atoms with van der Waals surface area (Å²) in [7, 11) is 0. The zero-order chi connectivity index (χ0) is 8.72. The Labute approximate surface area is 76.4 Å². The van der Waals surface area contributed by atoms with Gasteiger partial charge in [0.15, 0.2) is 0 Å². The lowest BCUT2D eigenvalue weighted by Crippen LogP contribution is -1.76. The highest BCUT2D eigenvalue weighted by Gasteiger charge is 2.01. The number of fused-ring (bicyclic) bond motifs is 1. The summed E-state index contributed by atoms with van der Waals surface area (Å²) < 4.78 is 0. The highest BCUT2D eigenvalue weighted by atomic mass is 35.5. The Kier molecular flexibility index (Phi) is 1.62. The average molecular weight is 180 g/mol. The van der Waals surface area contributed by atoms with Crippen molar-refractivity contribution in [3.05, 3.63) is 34.5 Å². The first-order valence-electron chi connectivity index (χ1n) is 3.92. The molecule has 1 nitrogen and oxygen atoms in total. The largest absolute Gasteiger partial charge is 0.358 e. The molecular weight excluding hydrogens is 170 g/mol. The fraction of sp³-hybridized carbons (Fsp3) is 0.200. The molecule has 0 bridgehead atoms. The van der Waals surface area contributed by atoms with Crippen LogP contribution in [0.1, 0.15) is 11.3 Å². The minimum Gasteiger partial charge on any atom is -0.358 e. The molecule has 0 amide bonds. The van der Waals surface area contributed by atoms with Crippen LogP contribution in [0.4, 0.5) is 0 Å². The number of hydrogen-bond acceptors (Lipinski definition) is 0. The van der Waals surface area contributed by atoms with Crippen LogP contribution in [-0.2, 0) is 0 Å². The molecule has 0 fully saturated rings. The maximum Gasteiger partial charge on any atom is 0.0486 e. The molecule has 1 aromatic carbocycles. The normalized spacial score (nSPS) is 10.9. The maximum atomic E-state index is 5.92. The quantitative estimate of drug-likeness (QED) is 0.638. The second-order valence-corrected chi connectivity index (χ2v) is 3.58. The number of aromatic amines is 1. The molecule has 0 spiro atoms. The van der Waals surface area contributed by atoms with Gasteiger partial charge in [-0.1, -0.05) is 11.6 Å². The molecule has 1 heterocycles. The number of aromatic nitrogens is 1. The van der Waals surface area contributed by atoms with Crippen molar-refractivity contribution in [1.82, 2.24) is 4.98 Å². The monoisotopic (exact) mass is 179 g/mol. The number of hydrogen-bond donors (Lipinski definition) is 1. The first-order chi connectivity index (χ1) is 5.66. The molecule has 0 atom stereocenters. The number of aryl methyl sites for hydroxylation is 2. The molecule has 2 aromatic rings. The van der Waals surface area contributed by atoms with Crippen molar-refractivity contribution in [2.45, 2.75) is 13.8 Å². The predicted octanol–water partition coefficient (Wildman–Crippen LogP) is 3.44. The first kappa shape index (κ1) is 7.69. The summed E-state index contributed by atoms with van der Waals surface area (Å²) in [6.45, 7) is 4.11.